The summed E-state index contributed by atoms with van der Waals surface area (Å²) in [4.78, 5) is 21.1. The summed E-state index contributed by atoms with van der Waals surface area (Å²) in [6, 6.07) is 5.67. The third-order valence-corrected chi connectivity index (χ3v) is 5.13. The molecule has 0 bridgehead atoms. The number of carbonyl (C=O) groups excluding carboxylic acids is 1. The van der Waals surface area contributed by atoms with E-state index in [-0.39, 0.29) is 17.9 Å². The Labute approximate surface area is 144 Å². The van der Waals surface area contributed by atoms with Gasteiger partial charge >= 0.3 is 0 Å². The molecule has 1 N–H and O–H groups in total. The molecule has 0 saturated heterocycles. The standard InChI is InChI=1S/C17H21N5OS/c1-4-16-20-13-6-5-12(7-15(13)24-16)17(23)21-14(11(2)3)8-22-10-18-9-19-22/h5-7,9-11,14H,4,8H2,1-3H3,(H,21,23)/t14-/m0/s1. The number of thiazole rings is 1. The van der Waals surface area contributed by atoms with Gasteiger partial charge in [0.15, 0.2) is 0 Å². The highest BCUT2D eigenvalue weighted by molar-refractivity contribution is 7.18. The van der Waals surface area contributed by atoms with Crippen LogP contribution in [0.15, 0.2) is 30.9 Å². The van der Waals surface area contributed by atoms with E-state index in [0.717, 1.165) is 21.6 Å². The molecule has 6 nitrogen and oxygen atoms in total. The number of rotatable bonds is 6. The van der Waals surface area contributed by atoms with E-state index >= 15 is 0 Å². The molecule has 0 spiro atoms. The first-order chi connectivity index (χ1) is 11.6. The molecule has 2 aromatic heterocycles. The molecule has 3 rings (SSSR count). The van der Waals surface area contributed by atoms with E-state index in [9.17, 15) is 4.79 Å². The van der Waals surface area contributed by atoms with Crippen molar-refractivity contribution in [3.63, 3.8) is 0 Å². The van der Waals surface area contributed by atoms with Crippen LogP contribution < -0.4 is 5.32 Å². The van der Waals surface area contributed by atoms with Gasteiger partial charge in [-0.15, -0.1) is 11.3 Å². The van der Waals surface area contributed by atoms with Crippen LogP contribution in [-0.4, -0.2) is 31.7 Å². The summed E-state index contributed by atoms with van der Waals surface area (Å²) in [6.45, 7) is 6.86. The molecule has 0 saturated carbocycles. The van der Waals surface area contributed by atoms with Crippen molar-refractivity contribution < 1.29 is 4.79 Å². The Hall–Kier alpha value is -2.28. The second-order valence-corrected chi connectivity index (χ2v) is 7.20. The second kappa shape index (κ2) is 7.09. The van der Waals surface area contributed by atoms with Gasteiger partial charge in [0.1, 0.15) is 12.7 Å². The zero-order chi connectivity index (χ0) is 17.1. The van der Waals surface area contributed by atoms with Gasteiger partial charge in [0.2, 0.25) is 0 Å². The van der Waals surface area contributed by atoms with Gasteiger partial charge in [0, 0.05) is 5.56 Å². The Morgan fingerprint density at radius 3 is 2.88 bits per heavy atom. The molecule has 1 aromatic carbocycles. The number of aryl methyl sites for hydroxylation is 1. The summed E-state index contributed by atoms with van der Waals surface area (Å²) < 4.78 is 2.79. The number of carbonyl (C=O) groups is 1. The Morgan fingerprint density at radius 1 is 1.38 bits per heavy atom. The van der Waals surface area contributed by atoms with Crippen LogP contribution in [0.25, 0.3) is 10.2 Å². The van der Waals surface area contributed by atoms with E-state index in [1.54, 1.807) is 22.3 Å². The first-order valence-corrected chi connectivity index (χ1v) is 8.91. The molecule has 0 unspecified atom stereocenters. The number of hydrogen-bond donors (Lipinski definition) is 1. The molecule has 24 heavy (non-hydrogen) atoms. The zero-order valence-electron chi connectivity index (χ0n) is 14.1. The van der Waals surface area contributed by atoms with E-state index in [1.165, 1.54) is 6.33 Å². The number of amides is 1. The van der Waals surface area contributed by atoms with Crippen LogP contribution in [0.2, 0.25) is 0 Å². The summed E-state index contributed by atoms with van der Waals surface area (Å²) >= 11 is 1.64. The Balaban J connectivity index is 1.76. The lowest BCUT2D eigenvalue weighted by Gasteiger charge is -2.22. The third-order valence-electron chi connectivity index (χ3n) is 3.97. The molecular formula is C17H21N5OS. The van der Waals surface area contributed by atoms with Gasteiger partial charge < -0.3 is 5.32 Å². The molecule has 1 amide bonds. The van der Waals surface area contributed by atoms with E-state index in [1.807, 2.05) is 18.2 Å². The van der Waals surface area contributed by atoms with E-state index in [0.29, 0.717) is 12.1 Å². The van der Waals surface area contributed by atoms with Gasteiger partial charge in [-0.05, 0) is 30.5 Å². The highest BCUT2D eigenvalue weighted by Gasteiger charge is 2.18. The summed E-state index contributed by atoms with van der Waals surface area (Å²) in [7, 11) is 0. The molecule has 1 atom stereocenters. The van der Waals surface area contributed by atoms with Crippen LogP contribution in [0.5, 0.6) is 0 Å². The Kier molecular flexibility index (Phi) is 4.89. The number of aromatic nitrogens is 4. The minimum absolute atomic E-state index is 0.0115. The van der Waals surface area contributed by atoms with Crippen molar-refractivity contribution in [2.45, 2.75) is 39.8 Å². The van der Waals surface area contributed by atoms with Gasteiger partial charge in [-0.3, -0.25) is 9.48 Å². The predicted molar refractivity (Wildman–Crippen MR) is 95.1 cm³/mol. The van der Waals surface area contributed by atoms with Crippen LogP contribution in [0.1, 0.15) is 36.1 Å². The maximum atomic E-state index is 12.6. The summed E-state index contributed by atoms with van der Waals surface area (Å²) in [5.41, 5.74) is 1.62. The first-order valence-electron chi connectivity index (χ1n) is 8.09. The van der Waals surface area contributed by atoms with Crippen LogP contribution >= 0.6 is 11.3 Å². The Bertz CT molecular complexity index is 825. The number of nitrogens with one attached hydrogen (secondary N) is 1. The molecule has 7 heteroatoms. The summed E-state index contributed by atoms with van der Waals surface area (Å²) in [5.74, 6) is 0.221. The maximum absolute atomic E-state index is 12.6. The molecule has 3 aromatic rings. The number of fused-ring (bicyclic) bond motifs is 1. The molecule has 0 radical (unpaired) electrons. The number of hydrogen-bond acceptors (Lipinski definition) is 5. The molecule has 2 heterocycles. The molecule has 0 aliphatic rings. The third kappa shape index (κ3) is 3.62. The average molecular weight is 343 g/mol. The minimum atomic E-state index is -0.0674. The van der Waals surface area contributed by atoms with Crippen molar-refractivity contribution in [2.75, 3.05) is 0 Å². The predicted octanol–water partition coefficient (Wildman–Crippen LogP) is 2.90. The lowest BCUT2D eigenvalue weighted by atomic mass is 10.0. The normalized spacial score (nSPS) is 12.7. The van der Waals surface area contributed by atoms with Crippen molar-refractivity contribution >= 4 is 27.5 Å². The largest absolute Gasteiger partial charge is 0.347 e. The second-order valence-electron chi connectivity index (χ2n) is 6.09. The highest BCUT2D eigenvalue weighted by atomic mass is 32.1. The van der Waals surface area contributed by atoms with E-state index in [4.69, 9.17) is 0 Å². The topological polar surface area (TPSA) is 72.7 Å². The molecule has 0 aliphatic heterocycles. The van der Waals surface area contributed by atoms with Crippen molar-refractivity contribution in [2.24, 2.45) is 5.92 Å². The highest BCUT2D eigenvalue weighted by Crippen LogP contribution is 2.23. The first kappa shape index (κ1) is 16.6. The lowest BCUT2D eigenvalue weighted by molar-refractivity contribution is 0.0919. The van der Waals surface area contributed by atoms with Gasteiger partial charge in [0.25, 0.3) is 5.91 Å². The molecule has 0 fully saturated rings. The molecule has 126 valence electrons. The smallest absolute Gasteiger partial charge is 0.251 e. The van der Waals surface area contributed by atoms with Crippen molar-refractivity contribution in [1.29, 1.82) is 0 Å². The van der Waals surface area contributed by atoms with Crippen LogP contribution in [0.4, 0.5) is 0 Å². The number of nitrogens with zero attached hydrogens (tertiary/aromatic N) is 4. The minimum Gasteiger partial charge on any atom is -0.347 e. The van der Waals surface area contributed by atoms with Crippen molar-refractivity contribution in [3.05, 3.63) is 41.4 Å². The lowest BCUT2D eigenvalue weighted by Crippen LogP contribution is -2.41. The molecule has 0 aliphatic carbocycles. The maximum Gasteiger partial charge on any atom is 0.251 e. The fourth-order valence-corrected chi connectivity index (χ4v) is 3.41. The van der Waals surface area contributed by atoms with Gasteiger partial charge in [-0.25, -0.2) is 9.97 Å². The summed E-state index contributed by atoms with van der Waals surface area (Å²) in [5, 5.41) is 8.32. The zero-order valence-corrected chi connectivity index (χ0v) is 14.9. The fraction of sp³-hybridized carbons (Fsp3) is 0.412. The van der Waals surface area contributed by atoms with Crippen molar-refractivity contribution in [3.8, 4) is 0 Å². The van der Waals surface area contributed by atoms with Gasteiger partial charge in [0.05, 0.1) is 27.8 Å². The van der Waals surface area contributed by atoms with Crippen LogP contribution in [-0.2, 0) is 13.0 Å². The van der Waals surface area contributed by atoms with E-state index in [2.05, 4.69) is 41.2 Å². The quantitative estimate of drug-likeness (QED) is 0.747. The fourth-order valence-electron chi connectivity index (χ4n) is 2.47. The van der Waals surface area contributed by atoms with Crippen LogP contribution in [0, 0.1) is 5.92 Å². The van der Waals surface area contributed by atoms with Crippen molar-refractivity contribution in [1.82, 2.24) is 25.1 Å². The number of benzene rings is 1. The average Bonchev–Trinajstić information content (AvgIpc) is 3.21. The monoisotopic (exact) mass is 343 g/mol. The Morgan fingerprint density at radius 2 is 2.21 bits per heavy atom. The summed E-state index contributed by atoms with van der Waals surface area (Å²) in [6.07, 6.45) is 4.08. The van der Waals surface area contributed by atoms with Crippen LogP contribution in [0.3, 0.4) is 0 Å². The van der Waals surface area contributed by atoms with Gasteiger partial charge in [-0.1, -0.05) is 20.8 Å². The molecular weight excluding hydrogens is 322 g/mol. The SMILES string of the molecule is CCc1nc2ccc(C(=O)N[C@@H](Cn3cncn3)C(C)C)cc2s1. The van der Waals surface area contributed by atoms with Gasteiger partial charge in [-0.2, -0.15) is 5.10 Å². The van der Waals surface area contributed by atoms with E-state index < -0.39 is 0 Å².